The smallest absolute Gasteiger partial charge is 0.416 e. The van der Waals surface area contributed by atoms with Crippen molar-refractivity contribution in [3.8, 4) is 0 Å². The van der Waals surface area contributed by atoms with Crippen LogP contribution in [0, 0.1) is 0 Å². The summed E-state index contributed by atoms with van der Waals surface area (Å²) in [4.78, 5) is 10.5. The molecule has 0 aliphatic rings. The van der Waals surface area contributed by atoms with Crippen LogP contribution >= 0.6 is 0 Å². The van der Waals surface area contributed by atoms with Gasteiger partial charge in [-0.1, -0.05) is 18.2 Å². The van der Waals surface area contributed by atoms with E-state index < -0.39 is 29.3 Å². The fourth-order valence-corrected chi connectivity index (χ4v) is 1.16. The molecule has 3 nitrogen and oxygen atoms in total. The number of hydrogen-bond acceptors (Lipinski definition) is 2. The zero-order chi connectivity index (χ0) is 11.6. The molecule has 0 saturated heterocycles. The Balaban J connectivity index is 3.24. The maximum atomic E-state index is 12.4. The van der Waals surface area contributed by atoms with Crippen molar-refractivity contribution < 1.29 is 23.1 Å². The molecule has 3 N–H and O–H groups in total. The van der Waals surface area contributed by atoms with E-state index in [1.165, 1.54) is 12.1 Å². The second-order valence-corrected chi connectivity index (χ2v) is 2.90. The van der Waals surface area contributed by atoms with Crippen LogP contribution in [0.2, 0.25) is 0 Å². The summed E-state index contributed by atoms with van der Waals surface area (Å²) in [6.45, 7) is 0. The van der Waals surface area contributed by atoms with Crippen LogP contribution in [0.4, 0.5) is 13.2 Å². The van der Waals surface area contributed by atoms with Crippen molar-refractivity contribution in [2.24, 2.45) is 5.73 Å². The van der Waals surface area contributed by atoms with Crippen LogP contribution in [0.1, 0.15) is 17.2 Å². The first-order valence-electron chi connectivity index (χ1n) is 3.98. The van der Waals surface area contributed by atoms with Gasteiger partial charge in [0.1, 0.15) is 6.04 Å². The SMILES string of the molecule is N[C@@H](C(=O)O)c1ccccc1C(F)(F)F. The quantitative estimate of drug-likeness (QED) is 0.796. The summed E-state index contributed by atoms with van der Waals surface area (Å²) in [6, 6.07) is 2.69. The third-order valence-corrected chi connectivity index (χ3v) is 1.87. The highest BCUT2D eigenvalue weighted by atomic mass is 19.4. The van der Waals surface area contributed by atoms with Crippen molar-refractivity contribution in [1.29, 1.82) is 0 Å². The van der Waals surface area contributed by atoms with Gasteiger partial charge in [0.15, 0.2) is 0 Å². The first kappa shape index (κ1) is 11.5. The molecule has 0 amide bonds. The lowest BCUT2D eigenvalue weighted by atomic mass is 10.0. The van der Waals surface area contributed by atoms with E-state index in [1.54, 1.807) is 0 Å². The minimum Gasteiger partial charge on any atom is -0.480 e. The summed E-state index contributed by atoms with van der Waals surface area (Å²) < 4.78 is 37.3. The van der Waals surface area contributed by atoms with Crippen molar-refractivity contribution in [3.63, 3.8) is 0 Å². The molecule has 6 heteroatoms. The van der Waals surface area contributed by atoms with Crippen molar-refractivity contribution in [2.75, 3.05) is 0 Å². The van der Waals surface area contributed by atoms with E-state index in [4.69, 9.17) is 10.8 Å². The molecule has 0 aliphatic heterocycles. The summed E-state index contributed by atoms with van der Waals surface area (Å²) >= 11 is 0. The van der Waals surface area contributed by atoms with Gasteiger partial charge in [0, 0.05) is 0 Å². The van der Waals surface area contributed by atoms with Crippen LogP contribution in [-0.2, 0) is 11.0 Å². The minimum atomic E-state index is -4.59. The van der Waals surface area contributed by atoms with Gasteiger partial charge in [0.05, 0.1) is 5.56 Å². The molecule has 0 fully saturated rings. The lowest BCUT2D eigenvalue weighted by molar-refractivity contribution is -0.141. The molecule has 0 aromatic heterocycles. The Bertz CT molecular complexity index is 376. The minimum absolute atomic E-state index is 0.433. The third kappa shape index (κ3) is 2.47. The molecule has 82 valence electrons. The molecule has 0 bridgehead atoms. The Labute approximate surface area is 83.3 Å². The zero-order valence-corrected chi connectivity index (χ0v) is 7.45. The lowest BCUT2D eigenvalue weighted by Crippen LogP contribution is -2.24. The van der Waals surface area contributed by atoms with Crippen LogP contribution in [-0.4, -0.2) is 11.1 Å². The number of carbonyl (C=O) groups is 1. The summed E-state index contributed by atoms with van der Waals surface area (Å²) in [5.41, 5.74) is 3.69. The molecule has 0 radical (unpaired) electrons. The fraction of sp³-hybridized carbons (Fsp3) is 0.222. The summed E-state index contributed by atoms with van der Waals surface area (Å²) in [5.74, 6) is -1.49. The molecule has 1 atom stereocenters. The number of halogens is 3. The monoisotopic (exact) mass is 219 g/mol. The Hall–Kier alpha value is -1.56. The van der Waals surface area contributed by atoms with Crippen LogP contribution in [0.3, 0.4) is 0 Å². The van der Waals surface area contributed by atoms with Gasteiger partial charge in [-0.05, 0) is 11.6 Å². The van der Waals surface area contributed by atoms with Crippen LogP contribution < -0.4 is 5.73 Å². The number of aliphatic carboxylic acids is 1. The van der Waals surface area contributed by atoms with Gasteiger partial charge < -0.3 is 10.8 Å². The summed E-state index contributed by atoms with van der Waals surface area (Å²) in [6.07, 6.45) is -4.59. The average Bonchev–Trinajstić information content (AvgIpc) is 2.15. The maximum Gasteiger partial charge on any atom is 0.416 e. The van der Waals surface area contributed by atoms with E-state index in [0.29, 0.717) is 0 Å². The molecule has 1 rings (SSSR count). The number of alkyl halides is 3. The van der Waals surface area contributed by atoms with Gasteiger partial charge in [0.25, 0.3) is 0 Å². The molecule has 0 saturated carbocycles. The molecule has 0 heterocycles. The predicted molar refractivity (Wildman–Crippen MR) is 46.0 cm³/mol. The van der Waals surface area contributed by atoms with Gasteiger partial charge in [0.2, 0.25) is 0 Å². The molecular formula is C9H8F3NO2. The maximum absolute atomic E-state index is 12.4. The van der Waals surface area contributed by atoms with Crippen molar-refractivity contribution in [3.05, 3.63) is 35.4 Å². The Morgan fingerprint density at radius 3 is 2.33 bits per heavy atom. The topological polar surface area (TPSA) is 63.3 Å². The van der Waals surface area contributed by atoms with Crippen molar-refractivity contribution >= 4 is 5.97 Å². The number of rotatable bonds is 2. The number of carboxylic acids is 1. The molecule has 0 aliphatic carbocycles. The highest BCUT2D eigenvalue weighted by Crippen LogP contribution is 2.33. The van der Waals surface area contributed by atoms with Crippen LogP contribution in [0.15, 0.2) is 24.3 Å². The molecule has 1 aromatic carbocycles. The normalized spacial score (nSPS) is 13.6. The molecule has 15 heavy (non-hydrogen) atoms. The van der Waals surface area contributed by atoms with Crippen LogP contribution in [0.5, 0.6) is 0 Å². The second kappa shape index (κ2) is 3.90. The number of nitrogens with two attached hydrogens (primary N) is 1. The van der Waals surface area contributed by atoms with E-state index in [-0.39, 0.29) is 0 Å². The second-order valence-electron chi connectivity index (χ2n) is 2.90. The van der Waals surface area contributed by atoms with E-state index >= 15 is 0 Å². The van der Waals surface area contributed by atoms with Gasteiger partial charge in [-0.3, -0.25) is 4.79 Å². The van der Waals surface area contributed by atoms with E-state index in [1.807, 2.05) is 0 Å². The number of benzene rings is 1. The lowest BCUT2D eigenvalue weighted by Gasteiger charge is -2.14. The van der Waals surface area contributed by atoms with E-state index in [9.17, 15) is 18.0 Å². The summed E-state index contributed by atoms with van der Waals surface area (Å²) in [5, 5.41) is 8.53. The highest BCUT2D eigenvalue weighted by Gasteiger charge is 2.35. The number of carboxylic acid groups (broad SMARTS) is 1. The molecular weight excluding hydrogens is 211 g/mol. The van der Waals surface area contributed by atoms with Crippen molar-refractivity contribution in [2.45, 2.75) is 12.2 Å². The highest BCUT2D eigenvalue weighted by molar-refractivity contribution is 5.75. The van der Waals surface area contributed by atoms with Gasteiger partial charge >= 0.3 is 12.1 Å². The van der Waals surface area contributed by atoms with Gasteiger partial charge in [-0.25, -0.2) is 0 Å². The van der Waals surface area contributed by atoms with Gasteiger partial charge in [-0.15, -0.1) is 0 Å². The first-order chi connectivity index (χ1) is 6.84. The zero-order valence-electron chi connectivity index (χ0n) is 7.45. The van der Waals surface area contributed by atoms with E-state index in [0.717, 1.165) is 12.1 Å². The molecule has 1 aromatic rings. The van der Waals surface area contributed by atoms with Crippen molar-refractivity contribution in [1.82, 2.24) is 0 Å². The first-order valence-corrected chi connectivity index (χ1v) is 3.98. The third-order valence-electron chi connectivity index (χ3n) is 1.87. The van der Waals surface area contributed by atoms with Gasteiger partial charge in [-0.2, -0.15) is 13.2 Å². The number of hydrogen-bond donors (Lipinski definition) is 2. The van der Waals surface area contributed by atoms with E-state index in [2.05, 4.69) is 0 Å². The summed E-state index contributed by atoms with van der Waals surface area (Å²) in [7, 11) is 0. The Kier molecular flexibility index (Phi) is 2.99. The Morgan fingerprint density at radius 2 is 1.87 bits per heavy atom. The average molecular weight is 219 g/mol. The predicted octanol–water partition coefficient (Wildman–Crippen LogP) is 1.79. The largest absolute Gasteiger partial charge is 0.480 e. The molecule has 0 unspecified atom stereocenters. The Morgan fingerprint density at radius 1 is 1.33 bits per heavy atom. The molecule has 0 spiro atoms. The standard InChI is InChI=1S/C9H8F3NO2/c10-9(11,12)6-4-2-1-3-5(6)7(13)8(14)15/h1-4,7H,13H2,(H,14,15)/t7-/m1/s1. The fourth-order valence-electron chi connectivity index (χ4n) is 1.16. The van der Waals surface area contributed by atoms with Crippen LogP contribution in [0.25, 0.3) is 0 Å².